The summed E-state index contributed by atoms with van der Waals surface area (Å²) >= 11 is 5.87. The lowest BCUT2D eigenvalue weighted by Crippen LogP contribution is -2.23. The van der Waals surface area contributed by atoms with E-state index in [1.54, 1.807) is 12.1 Å². The first-order valence-electron chi connectivity index (χ1n) is 6.58. The van der Waals surface area contributed by atoms with E-state index in [0.717, 1.165) is 16.6 Å². The van der Waals surface area contributed by atoms with Gasteiger partial charge in [0.15, 0.2) is 0 Å². The minimum absolute atomic E-state index is 0.0490. The molecule has 110 valence electrons. The molecule has 0 aliphatic heterocycles. The molecule has 7 heteroatoms. The Balaban J connectivity index is 1.63. The number of hydrazone groups is 1. The van der Waals surface area contributed by atoms with Crippen LogP contribution in [0.3, 0.4) is 0 Å². The summed E-state index contributed by atoms with van der Waals surface area (Å²) in [6, 6.07) is 14.6. The predicted octanol–water partition coefficient (Wildman–Crippen LogP) is 2.24. The van der Waals surface area contributed by atoms with Crippen LogP contribution in [-0.4, -0.2) is 27.1 Å². The van der Waals surface area contributed by atoms with Crippen LogP contribution in [0.1, 0.15) is 5.56 Å². The Bertz CT molecular complexity index is 843. The number of hydrogen-bond donors (Lipinski definition) is 1. The number of amides is 1. The first-order valence-corrected chi connectivity index (χ1v) is 6.96. The highest BCUT2D eigenvalue weighted by Gasteiger charge is 2.07. The average molecular weight is 314 g/mol. The van der Waals surface area contributed by atoms with Crippen molar-refractivity contribution in [2.24, 2.45) is 5.10 Å². The lowest BCUT2D eigenvalue weighted by atomic mass is 10.2. The molecule has 3 rings (SSSR count). The van der Waals surface area contributed by atoms with Crippen LogP contribution in [-0.2, 0) is 11.3 Å². The van der Waals surface area contributed by atoms with Crippen LogP contribution in [0.5, 0.6) is 0 Å². The van der Waals surface area contributed by atoms with Crippen LogP contribution in [0.25, 0.3) is 11.0 Å². The zero-order valence-electron chi connectivity index (χ0n) is 11.5. The Morgan fingerprint density at radius 3 is 3.00 bits per heavy atom. The van der Waals surface area contributed by atoms with Gasteiger partial charge in [0.2, 0.25) is 0 Å². The molecule has 1 N–H and O–H groups in total. The highest BCUT2D eigenvalue weighted by molar-refractivity contribution is 6.30. The molecule has 0 radical (unpaired) electrons. The van der Waals surface area contributed by atoms with Crippen molar-refractivity contribution in [3.05, 3.63) is 59.1 Å². The highest BCUT2D eigenvalue weighted by atomic mass is 35.5. The van der Waals surface area contributed by atoms with Crippen molar-refractivity contribution < 1.29 is 4.79 Å². The van der Waals surface area contributed by atoms with E-state index >= 15 is 0 Å². The summed E-state index contributed by atoms with van der Waals surface area (Å²) in [5.41, 5.74) is 4.81. The van der Waals surface area contributed by atoms with Gasteiger partial charge in [0.1, 0.15) is 12.1 Å². The minimum atomic E-state index is -0.283. The molecule has 1 amide bonds. The first-order chi connectivity index (χ1) is 10.7. The highest BCUT2D eigenvalue weighted by Crippen LogP contribution is 2.09. The summed E-state index contributed by atoms with van der Waals surface area (Å²) in [7, 11) is 0. The molecule has 1 aromatic heterocycles. The zero-order chi connectivity index (χ0) is 15.4. The Morgan fingerprint density at radius 1 is 1.27 bits per heavy atom. The second kappa shape index (κ2) is 6.36. The van der Waals surface area contributed by atoms with Gasteiger partial charge in [-0.05, 0) is 29.8 Å². The van der Waals surface area contributed by atoms with E-state index in [9.17, 15) is 4.79 Å². The molecule has 6 nitrogen and oxygen atoms in total. The number of hydrogen-bond acceptors (Lipinski definition) is 4. The van der Waals surface area contributed by atoms with Crippen molar-refractivity contribution >= 4 is 34.8 Å². The van der Waals surface area contributed by atoms with Crippen LogP contribution in [0.2, 0.25) is 5.02 Å². The number of benzene rings is 2. The van der Waals surface area contributed by atoms with E-state index in [-0.39, 0.29) is 12.5 Å². The summed E-state index contributed by atoms with van der Waals surface area (Å²) in [6.45, 7) is 0.0490. The fourth-order valence-corrected chi connectivity index (χ4v) is 2.17. The number of aromatic nitrogens is 3. The third-order valence-corrected chi connectivity index (χ3v) is 3.20. The molecule has 0 aliphatic rings. The first kappa shape index (κ1) is 14.2. The lowest BCUT2D eigenvalue weighted by molar-refractivity contribution is -0.121. The molecule has 0 saturated carbocycles. The zero-order valence-corrected chi connectivity index (χ0v) is 12.2. The lowest BCUT2D eigenvalue weighted by Gasteiger charge is -2.01. The fourth-order valence-electron chi connectivity index (χ4n) is 1.97. The molecule has 0 bridgehead atoms. The van der Waals surface area contributed by atoms with Gasteiger partial charge in [-0.2, -0.15) is 5.10 Å². The van der Waals surface area contributed by atoms with Gasteiger partial charge < -0.3 is 0 Å². The van der Waals surface area contributed by atoms with Crippen molar-refractivity contribution in [3.8, 4) is 0 Å². The standard InChI is InChI=1S/C15H12ClN5O/c16-12-5-3-4-11(8-12)9-17-19-15(22)10-21-14-7-2-1-6-13(14)18-20-21/h1-9H,10H2,(H,19,22)/b17-9+. The number of carbonyl (C=O) groups is 1. The van der Waals surface area contributed by atoms with Gasteiger partial charge in [-0.1, -0.05) is 41.1 Å². The average Bonchev–Trinajstić information content (AvgIpc) is 2.91. The summed E-state index contributed by atoms with van der Waals surface area (Å²) in [5, 5.41) is 12.5. The van der Waals surface area contributed by atoms with Crippen molar-refractivity contribution in [2.75, 3.05) is 0 Å². The number of nitrogens with one attached hydrogen (secondary N) is 1. The summed E-state index contributed by atoms with van der Waals surface area (Å²) in [6.07, 6.45) is 1.53. The molecule has 0 atom stereocenters. The van der Waals surface area contributed by atoms with Gasteiger partial charge in [0, 0.05) is 5.02 Å². The smallest absolute Gasteiger partial charge is 0.261 e. The van der Waals surface area contributed by atoms with Crippen molar-refractivity contribution in [3.63, 3.8) is 0 Å². The fraction of sp³-hybridized carbons (Fsp3) is 0.0667. The Morgan fingerprint density at radius 2 is 2.14 bits per heavy atom. The predicted molar refractivity (Wildman–Crippen MR) is 84.7 cm³/mol. The van der Waals surface area contributed by atoms with Gasteiger partial charge in [0.25, 0.3) is 5.91 Å². The molecule has 0 unspecified atom stereocenters. The van der Waals surface area contributed by atoms with Gasteiger partial charge >= 0.3 is 0 Å². The van der Waals surface area contributed by atoms with Crippen molar-refractivity contribution in [2.45, 2.75) is 6.54 Å². The van der Waals surface area contributed by atoms with Crippen molar-refractivity contribution in [1.29, 1.82) is 0 Å². The SMILES string of the molecule is O=C(Cn1nnc2ccccc21)N/N=C/c1cccc(Cl)c1. The third-order valence-electron chi connectivity index (χ3n) is 2.97. The van der Waals surface area contributed by atoms with E-state index in [0.29, 0.717) is 5.02 Å². The second-order valence-electron chi connectivity index (χ2n) is 4.58. The number of rotatable bonds is 4. The monoisotopic (exact) mass is 313 g/mol. The van der Waals surface area contributed by atoms with Crippen LogP contribution >= 0.6 is 11.6 Å². The van der Waals surface area contributed by atoms with E-state index in [1.165, 1.54) is 10.9 Å². The molecule has 0 spiro atoms. The molecular formula is C15H12ClN5O. The second-order valence-corrected chi connectivity index (χ2v) is 5.02. The van der Waals surface area contributed by atoms with Crippen LogP contribution in [0.15, 0.2) is 53.6 Å². The summed E-state index contributed by atoms with van der Waals surface area (Å²) in [4.78, 5) is 11.9. The molecule has 0 fully saturated rings. The van der Waals surface area contributed by atoms with Crippen LogP contribution in [0.4, 0.5) is 0 Å². The molecule has 2 aromatic carbocycles. The van der Waals surface area contributed by atoms with Crippen LogP contribution < -0.4 is 5.43 Å². The molecule has 22 heavy (non-hydrogen) atoms. The van der Waals surface area contributed by atoms with Gasteiger partial charge in [-0.3, -0.25) is 4.79 Å². The summed E-state index contributed by atoms with van der Waals surface area (Å²) in [5.74, 6) is -0.283. The number of fused-ring (bicyclic) bond motifs is 1. The maximum atomic E-state index is 11.9. The quantitative estimate of drug-likeness (QED) is 0.593. The third kappa shape index (κ3) is 3.29. The molecular weight excluding hydrogens is 302 g/mol. The number of para-hydroxylation sites is 1. The maximum Gasteiger partial charge on any atom is 0.261 e. The van der Waals surface area contributed by atoms with Gasteiger partial charge in [-0.25, -0.2) is 10.1 Å². The summed E-state index contributed by atoms with van der Waals surface area (Å²) < 4.78 is 1.53. The number of nitrogens with zero attached hydrogens (tertiary/aromatic N) is 4. The maximum absolute atomic E-state index is 11.9. The minimum Gasteiger partial charge on any atom is -0.271 e. The van der Waals surface area contributed by atoms with Crippen molar-refractivity contribution in [1.82, 2.24) is 20.4 Å². The molecule has 0 saturated heterocycles. The van der Waals surface area contributed by atoms with Gasteiger partial charge in [-0.15, -0.1) is 5.10 Å². The number of carbonyl (C=O) groups excluding carboxylic acids is 1. The topological polar surface area (TPSA) is 72.2 Å². The van der Waals surface area contributed by atoms with E-state index < -0.39 is 0 Å². The largest absolute Gasteiger partial charge is 0.271 e. The van der Waals surface area contributed by atoms with Crippen LogP contribution in [0, 0.1) is 0 Å². The number of halogens is 1. The molecule has 3 aromatic rings. The Kier molecular flexibility index (Phi) is 4.11. The van der Waals surface area contributed by atoms with E-state index in [4.69, 9.17) is 11.6 Å². The van der Waals surface area contributed by atoms with E-state index in [2.05, 4.69) is 20.8 Å². The Labute approximate surface area is 131 Å². The Hall–Kier alpha value is -2.73. The molecule has 0 aliphatic carbocycles. The van der Waals surface area contributed by atoms with E-state index in [1.807, 2.05) is 36.4 Å². The van der Waals surface area contributed by atoms with Gasteiger partial charge in [0.05, 0.1) is 11.7 Å². The normalized spacial score (nSPS) is 11.1. The molecule has 1 heterocycles.